The summed E-state index contributed by atoms with van der Waals surface area (Å²) in [5, 5.41) is 3.20. The topological polar surface area (TPSA) is 18.5 Å². The number of piperazine rings is 1. The molecule has 0 bridgehead atoms. The van der Waals surface area contributed by atoms with E-state index in [1.807, 2.05) is 7.05 Å². The summed E-state index contributed by atoms with van der Waals surface area (Å²) >= 11 is 0. The third kappa shape index (κ3) is 4.58. The first-order chi connectivity index (χ1) is 9.69. The number of benzene rings is 1. The van der Waals surface area contributed by atoms with Gasteiger partial charge in [-0.25, -0.2) is 0 Å². The van der Waals surface area contributed by atoms with Crippen LogP contribution in [0.3, 0.4) is 0 Å². The van der Waals surface area contributed by atoms with E-state index in [2.05, 4.69) is 53.2 Å². The fraction of sp³-hybridized carbons (Fsp3) is 0.647. The predicted molar refractivity (Wildman–Crippen MR) is 86.1 cm³/mol. The van der Waals surface area contributed by atoms with Gasteiger partial charge in [-0.3, -0.25) is 9.80 Å². The van der Waals surface area contributed by atoms with Gasteiger partial charge >= 0.3 is 0 Å². The molecule has 2 rings (SSSR count). The number of nitrogens with zero attached hydrogens (tertiary/aromatic N) is 2. The van der Waals surface area contributed by atoms with E-state index in [1.165, 1.54) is 37.3 Å². The van der Waals surface area contributed by atoms with Crippen molar-refractivity contribution in [2.75, 3.05) is 39.8 Å². The highest BCUT2D eigenvalue weighted by Crippen LogP contribution is 2.11. The van der Waals surface area contributed by atoms with E-state index in [4.69, 9.17) is 0 Å². The van der Waals surface area contributed by atoms with Crippen LogP contribution in [0, 0.1) is 0 Å². The average Bonchev–Trinajstić information content (AvgIpc) is 2.47. The van der Waals surface area contributed by atoms with Crippen LogP contribution in [-0.2, 0) is 13.0 Å². The van der Waals surface area contributed by atoms with Crippen molar-refractivity contribution >= 4 is 0 Å². The van der Waals surface area contributed by atoms with Gasteiger partial charge in [0, 0.05) is 38.8 Å². The lowest BCUT2D eigenvalue weighted by molar-refractivity contribution is 0.104. The van der Waals surface area contributed by atoms with Gasteiger partial charge in [0.25, 0.3) is 0 Å². The van der Waals surface area contributed by atoms with E-state index in [0.717, 1.165) is 19.5 Å². The zero-order valence-electron chi connectivity index (χ0n) is 13.2. The standard InChI is InChI=1S/C17H29N3/c1-15(2)20-12-10-19(11-13-20)14-17-6-4-16(5-7-17)8-9-18-3/h4-7,15,18H,8-14H2,1-3H3. The van der Waals surface area contributed by atoms with Gasteiger partial charge in [0.1, 0.15) is 0 Å². The Morgan fingerprint density at radius 3 is 2.15 bits per heavy atom. The van der Waals surface area contributed by atoms with Gasteiger partial charge in [-0.15, -0.1) is 0 Å². The summed E-state index contributed by atoms with van der Waals surface area (Å²) in [7, 11) is 2.01. The molecule has 3 nitrogen and oxygen atoms in total. The minimum Gasteiger partial charge on any atom is -0.319 e. The average molecular weight is 275 g/mol. The zero-order valence-corrected chi connectivity index (χ0v) is 13.2. The molecule has 0 unspecified atom stereocenters. The van der Waals surface area contributed by atoms with E-state index in [9.17, 15) is 0 Å². The third-order valence-corrected chi connectivity index (χ3v) is 4.23. The van der Waals surface area contributed by atoms with E-state index in [-0.39, 0.29) is 0 Å². The van der Waals surface area contributed by atoms with Crippen molar-refractivity contribution in [2.24, 2.45) is 0 Å². The molecule has 1 aliphatic rings. The molecule has 1 aromatic rings. The van der Waals surface area contributed by atoms with Crippen LogP contribution >= 0.6 is 0 Å². The van der Waals surface area contributed by atoms with Gasteiger partial charge < -0.3 is 5.32 Å². The van der Waals surface area contributed by atoms with Crippen LogP contribution in [0.25, 0.3) is 0 Å². The molecule has 0 aromatic heterocycles. The second kappa shape index (κ2) is 7.77. The second-order valence-corrected chi connectivity index (χ2v) is 6.08. The lowest BCUT2D eigenvalue weighted by Crippen LogP contribution is -2.48. The number of likely N-dealkylation sites (N-methyl/N-ethyl adjacent to an activating group) is 1. The van der Waals surface area contributed by atoms with Crippen molar-refractivity contribution in [3.05, 3.63) is 35.4 Å². The molecule has 1 N–H and O–H groups in total. The van der Waals surface area contributed by atoms with Crippen LogP contribution in [0.5, 0.6) is 0 Å². The van der Waals surface area contributed by atoms with Gasteiger partial charge in [-0.1, -0.05) is 24.3 Å². The first-order valence-corrected chi connectivity index (χ1v) is 7.88. The summed E-state index contributed by atoms with van der Waals surface area (Å²) in [6.07, 6.45) is 1.11. The Kier molecular flexibility index (Phi) is 6.02. The van der Waals surface area contributed by atoms with Gasteiger partial charge in [0.15, 0.2) is 0 Å². The number of rotatable bonds is 6. The van der Waals surface area contributed by atoms with Crippen molar-refractivity contribution in [3.63, 3.8) is 0 Å². The molecule has 20 heavy (non-hydrogen) atoms. The Balaban J connectivity index is 1.79. The van der Waals surface area contributed by atoms with Crippen molar-refractivity contribution in [3.8, 4) is 0 Å². The van der Waals surface area contributed by atoms with Crippen LogP contribution in [0.1, 0.15) is 25.0 Å². The molecule has 0 spiro atoms. The molecule has 1 saturated heterocycles. The van der Waals surface area contributed by atoms with Gasteiger partial charge in [0.05, 0.1) is 0 Å². The Bertz CT molecular complexity index is 378. The predicted octanol–water partition coefficient (Wildman–Crippen LogP) is 1.97. The molecule has 0 atom stereocenters. The largest absolute Gasteiger partial charge is 0.319 e. The molecule has 0 radical (unpaired) electrons. The highest BCUT2D eigenvalue weighted by Gasteiger charge is 2.18. The molecule has 1 aromatic carbocycles. The molecular formula is C17H29N3. The van der Waals surface area contributed by atoms with Crippen LogP contribution in [0.15, 0.2) is 24.3 Å². The monoisotopic (exact) mass is 275 g/mol. The summed E-state index contributed by atoms with van der Waals surface area (Å²) in [6, 6.07) is 9.82. The molecule has 0 amide bonds. The van der Waals surface area contributed by atoms with Crippen molar-refractivity contribution < 1.29 is 0 Å². The third-order valence-electron chi connectivity index (χ3n) is 4.23. The van der Waals surface area contributed by atoms with Crippen molar-refractivity contribution in [1.82, 2.24) is 15.1 Å². The number of hydrogen-bond acceptors (Lipinski definition) is 3. The van der Waals surface area contributed by atoms with Crippen LogP contribution in [0.2, 0.25) is 0 Å². The van der Waals surface area contributed by atoms with Gasteiger partial charge in [-0.2, -0.15) is 0 Å². The van der Waals surface area contributed by atoms with Gasteiger partial charge in [-0.05, 0) is 45.0 Å². The maximum atomic E-state index is 3.20. The van der Waals surface area contributed by atoms with Gasteiger partial charge in [0.2, 0.25) is 0 Å². The molecular weight excluding hydrogens is 246 g/mol. The summed E-state index contributed by atoms with van der Waals surface area (Å²) in [5.74, 6) is 0. The summed E-state index contributed by atoms with van der Waals surface area (Å²) in [4.78, 5) is 5.14. The smallest absolute Gasteiger partial charge is 0.0234 e. The highest BCUT2D eigenvalue weighted by molar-refractivity contribution is 5.22. The highest BCUT2D eigenvalue weighted by atomic mass is 15.3. The minimum absolute atomic E-state index is 0.684. The van der Waals surface area contributed by atoms with E-state index < -0.39 is 0 Å². The summed E-state index contributed by atoms with van der Waals surface area (Å²) in [6.45, 7) is 11.5. The van der Waals surface area contributed by atoms with Crippen molar-refractivity contribution in [2.45, 2.75) is 32.9 Å². The second-order valence-electron chi connectivity index (χ2n) is 6.08. The first kappa shape index (κ1) is 15.5. The molecule has 1 aliphatic heterocycles. The molecule has 3 heteroatoms. The lowest BCUT2D eigenvalue weighted by atomic mass is 10.1. The van der Waals surface area contributed by atoms with Crippen LogP contribution < -0.4 is 5.32 Å². The Hall–Kier alpha value is -0.900. The normalized spacial score (nSPS) is 17.8. The quantitative estimate of drug-likeness (QED) is 0.856. The fourth-order valence-electron chi connectivity index (χ4n) is 2.78. The first-order valence-electron chi connectivity index (χ1n) is 7.88. The maximum absolute atomic E-state index is 3.20. The minimum atomic E-state index is 0.684. The van der Waals surface area contributed by atoms with E-state index in [1.54, 1.807) is 0 Å². The maximum Gasteiger partial charge on any atom is 0.0234 e. The Morgan fingerprint density at radius 1 is 1.00 bits per heavy atom. The Labute approximate surface area is 124 Å². The molecule has 0 aliphatic carbocycles. The summed E-state index contributed by atoms with van der Waals surface area (Å²) < 4.78 is 0. The van der Waals surface area contributed by atoms with Crippen molar-refractivity contribution in [1.29, 1.82) is 0 Å². The molecule has 1 heterocycles. The zero-order chi connectivity index (χ0) is 14.4. The number of hydrogen-bond donors (Lipinski definition) is 1. The van der Waals surface area contributed by atoms with E-state index in [0.29, 0.717) is 6.04 Å². The lowest BCUT2D eigenvalue weighted by Gasteiger charge is -2.36. The van der Waals surface area contributed by atoms with Crippen LogP contribution in [-0.4, -0.2) is 55.6 Å². The SMILES string of the molecule is CNCCc1ccc(CN2CCN(C(C)C)CC2)cc1. The summed E-state index contributed by atoms with van der Waals surface area (Å²) in [5.41, 5.74) is 2.86. The van der Waals surface area contributed by atoms with E-state index >= 15 is 0 Å². The Morgan fingerprint density at radius 2 is 1.60 bits per heavy atom. The van der Waals surface area contributed by atoms with Crippen LogP contribution in [0.4, 0.5) is 0 Å². The fourth-order valence-corrected chi connectivity index (χ4v) is 2.78. The number of nitrogens with one attached hydrogen (secondary N) is 1. The molecule has 0 saturated carbocycles. The molecule has 112 valence electrons. The molecule has 1 fully saturated rings.